The van der Waals surface area contributed by atoms with Crippen LogP contribution in [0.1, 0.15) is 113 Å². The molecule has 3 N–H and O–H groups in total. The van der Waals surface area contributed by atoms with Crippen LogP contribution < -0.4 is 9.47 Å². The van der Waals surface area contributed by atoms with Gasteiger partial charge in [0.25, 0.3) is 0 Å². The number of rotatable bonds is 24. The van der Waals surface area contributed by atoms with E-state index in [1.807, 2.05) is 30.0 Å². The normalized spacial score (nSPS) is 25.3. The molecule has 1 aliphatic heterocycles. The number of benzene rings is 2. The van der Waals surface area contributed by atoms with E-state index in [9.17, 15) is 20.1 Å². The number of fused-ring (bicyclic) bond motifs is 2. The third-order valence-electron chi connectivity index (χ3n) is 13.3. The molecule has 4 aliphatic rings. The molecule has 6 atom stereocenters. The summed E-state index contributed by atoms with van der Waals surface area (Å²) in [6.45, 7) is 11.5. The smallest absolute Gasteiger partial charge is 0.239 e. The Labute approximate surface area is 357 Å². The molecule has 2 aromatic carbocycles. The Morgan fingerprint density at radius 2 is 1.70 bits per heavy atom. The van der Waals surface area contributed by atoms with Crippen LogP contribution in [0.25, 0.3) is 0 Å². The number of hydrogen-bond donors (Lipinski definition) is 3. The molecule has 0 unspecified atom stereocenters. The quantitative estimate of drug-likeness (QED) is 0.0540. The summed E-state index contributed by atoms with van der Waals surface area (Å²) in [4.78, 5) is 22.6. The summed E-state index contributed by atoms with van der Waals surface area (Å²) >= 11 is 0. The van der Waals surface area contributed by atoms with Crippen molar-refractivity contribution < 1.29 is 43.9 Å². The summed E-state index contributed by atoms with van der Waals surface area (Å²) in [6, 6.07) is 11.6. The van der Waals surface area contributed by atoms with Crippen LogP contribution in [0.2, 0.25) is 0 Å². The van der Waals surface area contributed by atoms with E-state index < -0.39 is 17.7 Å². The average molecular weight is 831 g/mol. The molecule has 11 heteroatoms. The van der Waals surface area contributed by atoms with Crippen LogP contribution in [-0.2, 0) is 19.1 Å². The van der Waals surface area contributed by atoms with E-state index in [-0.39, 0.29) is 69.8 Å². The number of aliphatic hydroxyl groups is 3. The van der Waals surface area contributed by atoms with Gasteiger partial charge in [-0.25, -0.2) is 0 Å². The molecule has 3 aliphatic carbocycles. The first-order chi connectivity index (χ1) is 29.3. The highest BCUT2D eigenvalue weighted by Crippen LogP contribution is 2.62. The molecular weight excluding hydrogens is 761 g/mol. The van der Waals surface area contributed by atoms with Crippen LogP contribution in [0.15, 0.2) is 65.9 Å². The lowest BCUT2D eigenvalue weighted by molar-refractivity contribution is -0.258. The second-order valence-corrected chi connectivity index (χ2v) is 17.2. The van der Waals surface area contributed by atoms with Gasteiger partial charge < -0.3 is 44.0 Å². The van der Waals surface area contributed by atoms with Gasteiger partial charge in [-0.05, 0) is 118 Å². The van der Waals surface area contributed by atoms with Crippen molar-refractivity contribution in [1.29, 1.82) is 0 Å². The van der Waals surface area contributed by atoms with Gasteiger partial charge in [-0.2, -0.15) is 0 Å². The van der Waals surface area contributed by atoms with Crippen molar-refractivity contribution in [2.75, 3.05) is 52.8 Å². The monoisotopic (exact) mass is 831 g/mol. The molecule has 11 nitrogen and oxygen atoms in total. The number of nitrogens with zero attached hydrogens (tertiary/aromatic N) is 2. The number of carbonyl (C=O) groups excluding carboxylic acids is 1. The van der Waals surface area contributed by atoms with Crippen molar-refractivity contribution in [2.45, 2.75) is 122 Å². The summed E-state index contributed by atoms with van der Waals surface area (Å²) in [7, 11) is 0. The molecule has 0 aromatic heterocycles. The van der Waals surface area contributed by atoms with Crippen LogP contribution in [-0.4, -0.2) is 96.5 Å². The maximum atomic E-state index is 14.8. The molecule has 6 rings (SSSR count). The number of aryl methyl sites for hydroxylation is 2. The Morgan fingerprint density at radius 3 is 2.42 bits per heavy atom. The number of hydrogen-bond acceptors (Lipinski definition) is 10. The number of allylic oxidation sites excluding steroid dienone is 1. The maximum Gasteiger partial charge on any atom is 0.239 e. The molecule has 0 spiro atoms. The van der Waals surface area contributed by atoms with Crippen LogP contribution in [0.4, 0.5) is 0 Å². The van der Waals surface area contributed by atoms with E-state index in [4.69, 9.17) is 28.9 Å². The van der Waals surface area contributed by atoms with Gasteiger partial charge in [-0.3, -0.25) is 4.79 Å². The van der Waals surface area contributed by atoms with Gasteiger partial charge in [0, 0.05) is 44.1 Å². The standard InChI is InChI=1S/C49H70N2O9/c1-5-27-57-49-45(51(23-28-56-29-26-54)46(55)22-18-36-13-7-8-14-36)33-43(50-58-6-2)41-31-37(15-9-11-24-52)40(16-10-12-25-53)47(48(41)49)42-32-39(20-21-44(42)60-49)59-38-19-17-34(3)35(4)30-38/h5,17,19-21,30-32,36-37,40,45,47-48,52-54H,1,6-16,18,22-29,33H2,2-4H3/t37-,40+,45-,47+,48+,49+/m0/s1. The van der Waals surface area contributed by atoms with Gasteiger partial charge in [0.2, 0.25) is 11.7 Å². The molecular formula is C49H70N2O9. The fourth-order valence-corrected chi connectivity index (χ4v) is 10.3. The topological polar surface area (TPSA) is 140 Å². The Bertz CT molecular complexity index is 1770. The summed E-state index contributed by atoms with van der Waals surface area (Å²) in [5.41, 5.74) is 5.12. The predicted molar refractivity (Wildman–Crippen MR) is 233 cm³/mol. The lowest BCUT2D eigenvalue weighted by atomic mass is 9.55. The van der Waals surface area contributed by atoms with Gasteiger partial charge in [0.05, 0.1) is 38.1 Å². The highest BCUT2D eigenvalue weighted by molar-refractivity contribution is 6.03. The third kappa shape index (κ3) is 10.6. The number of ether oxygens (including phenoxy) is 4. The fraction of sp³-hybridized carbons (Fsp3) is 0.633. The van der Waals surface area contributed by atoms with Gasteiger partial charge >= 0.3 is 0 Å². The molecule has 2 saturated carbocycles. The van der Waals surface area contributed by atoms with E-state index >= 15 is 0 Å². The minimum atomic E-state index is -1.34. The van der Waals surface area contributed by atoms with E-state index in [0.717, 1.165) is 73.1 Å². The zero-order chi connectivity index (χ0) is 42.5. The van der Waals surface area contributed by atoms with Gasteiger partial charge in [0.15, 0.2) is 0 Å². The Kier molecular flexibility index (Phi) is 17.1. The number of oxime groups is 1. The molecule has 1 heterocycles. The summed E-state index contributed by atoms with van der Waals surface area (Å²) in [5.74, 6) is 0.999. The summed E-state index contributed by atoms with van der Waals surface area (Å²) < 4.78 is 27.0. The number of carbonyl (C=O) groups is 1. The third-order valence-corrected chi connectivity index (χ3v) is 13.3. The first-order valence-electron chi connectivity index (χ1n) is 22.7. The van der Waals surface area contributed by atoms with Crippen LogP contribution in [0.5, 0.6) is 17.2 Å². The maximum absolute atomic E-state index is 14.8. The molecule has 2 aromatic rings. The van der Waals surface area contributed by atoms with Crippen molar-refractivity contribution in [2.24, 2.45) is 28.8 Å². The largest absolute Gasteiger partial charge is 0.459 e. The minimum Gasteiger partial charge on any atom is -0.459 e. The summed E-state index contributed by atoms with van der Waals surface area (Å²) in [6.07, 6.45) is 15.2. The van der Waals surface area contributed by atoms with Crippen molar-refractivity contribution in [3.05, 3.63) is 77.4 Å². The molecule has 0 radical (unpaired) electrons. The predicted octanol–water partition coefficient (Wildman–Crippen LogP) is 8.56. The second-order valence-electron chi connectivity index (χ2n) is 17.2. The van der Waals surface area contributed by atoms with Crippen molar-refractivity contribution in [1.82, 2.24) is 4.90 Å². The van der Waals surface area contributed by atoms with E-state index in [1.54, 1.807) is 6.08 Å². The zero-order valence-electron chi connectivity index (χ0n) is 36.3. The fourth-order valence-electron chi connectivity index (χ4n) is 10.3. The average Bonchev–Trinajstić information content (AvgIpc) is 3.78. The molecule has 0 bridgehead atoms. The molecule has 60 heavy (non-hydrogen) atoms. The van der Waals surface area contributed by atoms with Gasteiger partial charge in [0.1, 0.15) is 29.9 Å². The van der Waals surface area contributed by atoms with Crippen LogP contribution in [0, 0.1) is 37.5 Å². The number of aliphatic hydroxyl groups excluding tert-OH is 3. The van der Waals surface area contributed by atoms with Crippen LogP contribution >= 0.6 is 0 Å². The second kappa shape index (κ2) is 22.4. The summed E-state index contributed by atoms with van der Waals surface area (Å²) in [5, 5.41) is 34.3. The first-order valence-corrected chi connectivity index (χ1v) is 22.7. The van der Waals surface area contributed by atoms with Crippen molar-refractivity contribution >= 4 is 11.6 Å². The molecule has 2 fully saturated rings. The van der Waals surface area contributed by atoms with Crippen molar-refractivity contribution in [3.8, 4) is 17.2 Å². The number of unbranched alkanes of at least 4 members (excludes halogenated alkanes) is 2. The molecule has 330 valence electrons. The molecule has 1 amide bonds. The van der Waals surface area contributed by atoms with E-state index in [1.165, 1.54) is 18.4 Å². The first kappa shape index (κ1) is 45.8. The highest BCUT2D eigenvalue weighted by atomic mass is 16.7. The van der Waals surface area contributed by atoms with Crippen LogP contribution in [0.3, 0.4) is 0 Å². The Morgan fingerprint density at radius 1 is 0.950 bits per heavy atom. The van der Waals surface area contributed by atoms with Gasteiger partial charge in [-0.15, -0.1) is 6.58 Å². The Balaban J connectivity index is 1.54. The zero-order valence-corrected chi connectivity index (χ0v) is 36.3. The van der Waals surface area contributed by atoms with Gasteiger partial charge in [-0.1, -0.05) is 61.9 Å². The lowest BCUT2D eigenvalue weighted by Crippen LogP contribution is -2.70. The lowest BCUT2D eigenvalue weighted by Gasteiger charge is -2.60. The Hall–Kier alpha value is -3.74. The minimum absolute atomic E-state index is 0.0181. The number of amides is 1. The molecule has 0 saturated heterocycles. The van der Waals surface area contributed by atoms with E-state index in [2.05, 4.69) is 44.7 Å². The van der Waals surface area contributed by atoms with E-state index in [0.29, 0.717) is 49.7 Å². The van der Waals surface area contributed by atoms with Crippen molar-refractivity contribution in [3.63, 3.8) is 0 Å². The SMILES string of the molecule is C=CCO[C@@]12Oc3ccc(Oc4ccc(C)c(C)c4)cc3[C@H]3[C@H](CCCCO)[C@@H](CCCCO)C=C(C(=NOCC)C[C@@H]1N(CCOCCO)C(=O)CCC1CCCC1)[C@H]32. The highest BCUT2D eigenvalue weighted by Gasteiger charge is 2.65.